The largest absolute Gasteiger partial charge is 0.358 e. The number of amides is 2. The highest BCUT2D eigenvalue weighted by Crippen LogP contribution is 2.29. The number of likely N-dealkylation sites (N-methyl/N-ethyl adjacent to an activating group) is 1. The van der Waals surface area contributed by atoms with E-state index in [2.05, 4.69) is 33.8 Å². The average molecular weight is 354 g/mol. The highest BCUT2D eigenvalue weighted by molar-refractivity contribution is 5.89. The Bertz CT molecular complexity index is 842. The zero-order chi connectivity index (χ0) is 18.1. The Hall–Kier alpha value is -2.34. The molecule has 1 saturated heterocycles. The smallest absolute Gasteiger partial charge is 0.237 e. The molecule has 1 aromatic carbocycles. The first kappa shape index (κ1) is 17.1. The van der Waals surface area contributed by atoms with Crippen LogP contribution in [0.1, 0.15) is 36.1 Å². The van der Waals surface area contributed by atoms with Crippen LogP contribution in [0.4, 0.5) is 0 Å². The summed E-state index contributed by atoms with van der Waals surface area (Å²) < 4.78 is 0. The van der Waals surface area contributed by atoms with Gasteiger partial charge in [-0.3, -0.25) is 14.5 Å². The average Bonchev–Trinajstić information content (AvgIpc) is 3.01. The molecular weight excluding hydrogens is 328 g/mol. The number of piperazine rings is 1. The second-order valence-electron chi connectivity index (χ2n) is 7.44. The molecule has 2 amide bonds. The highest BCUT2D eigenvalue weighted by Gasteiger charge is 2.28. The third kappa shape index (κ3) is 3.33. The molecule has 6 nitrogen and oxygen atoms in total. The lowest BCUT2D eigenvalue weighted by molar-refractivity contribution is -0.133. The second kappa shape index (κ2) is 7.11. The van der Waals surface area contributed by atoms with Crippen molar-refractivity contribution in [2.45, 2.75) is 44.7 Å². The number of carbonyl (C=O) groups excluding carboxylic acids is 2. The lowest BCUT2D eigenvalue weighted by Crippen LogP contribution is -2.54. The number of nitrogens with one attached hydrogen (secondary N) is 3. The van der Waals surface area contributed by atoms with Crippen LogP contribution in [0, 0.1) is 0 Å². The Morgan fingerprint density at radius 1 is 1.31 bits per heavy atom. The molecule has 138 valence electrons. The summed E-state index contributed by atoms with van der Waals surface area (Å²) in [6.45, 7) is 1.92. The Morgan fingerprint density at radius 3 is 3.00 bits per heavy atom. The number of aryl methyl sites for hydroxylation is 2. The summed E-state index contributed by atoms with van der Waals surface area (Å²) in [7, 11) is 1.89. The number of fused-ring (bicyclic) bond motifs is 3. The van der Waals surface area contributed by atoms with Crippen LogP contribution >= 0.6 is 0 Å². The normalized spacial score (nSPS) is 20.7. The minimum Gasteiger partial charge on any atom is -0.358 e. The van der Waals surface area contributed by atoms with Gasteiger partial charge in [0.05, 0.1) is 12.5 Å². The summed E-state index contributed by atoms with van der Waals surface area (Å²) in [5, 5.41) is 7.08. The number of benzene rings is 1. The van der Waals surface area contributed by atoms with E-state index in [9.17, 15) is 9.59 Å². The number of H-pyrrole nitrogens is 1. The third-order valence-corrected chi connectivity index (χ3v) is 5.63. The van der Waals surface area contributed by atoms with Gasteiger partial charge >= 0.3 is 0 Å². The van der Waals surface area contributed by atoms with Crippen LogP contribution in [-0.4, -0.2) is 47.9 Å². The molecule has 4 rings (SSSR count). The minimum atomic E-state index is -0.372. The molecule has 0 spiro atoms. The van der Waals surface area contributed by atoms with Crippen LogP contribution in [0.5, 0.6) is 0 Å². The maximum Gasteiger partial charge on any atom is 0.237 e. The van der Waals surface area contributed by atoms with E-state index in [1.165, 1.54) is 35.0 Å². The van der Waals surface area contributed by atoms with Crippen molar-refractivity contribution in [2.24, 2.45) is 0 Å². The first-order valence-corrected chi connectivity index (χ1v) is 9.49. The van der Waals surface area contributed by atoms with Crippen molar-refractivity contribution in [3.63, 3.8) is 0 Å². The van der Waals surface area contributed by atoms with E-state index in [1.54, 1.807) is 0 Å². The summed E-state index contributed by atoms with van der Waals surface area (Å²) in [6.07, 6.45) is 4.97. The van der Waals surface area contributed by atoms with Gasteiger partial charge in [0.25, 0.3) is 0 Å². The zero-order valence-electron chi connectivity index (χ0n) is 15.2. The fraction of sp³-hybridized carbons (Fsp3) is 0.500. The predicted molar refractivity (Wildman–Crippen MR) is 101 cm³/mol. The summed E-state index contributed by atoms with van der Waals surface area (Å²) in [5.74, 6) is -0.149. The first-order chi connectivity index (χ1) is 12.6. The van der Waals surface area contributed by atoms with Gasteiger partial charge in [0.15, 0.2) is 0 Å². The van der Waals surface area contributed by atoms with Crippen molar-refractivity contribution in [3.05, 3.63) is 35.0 Å². The molecule has 2 heterocycles. The summed E-state index contributed by atoms with van der Waals surface area (Å²) in [4.78, 5) is 29.7. The number of rotatable bonds is 4. The van der Waals surface area contributed by atoms with Gasteiger partial charge in [0.2, 0.25) is 11.8 Å². The van der Waals surface area contributed by atoms with Crippen LogP contribution in [0.25, 0.3) is 10.9 Å². The van der Waals surface area contributed by atoms with E-state index in [-0.39, 0.29) is 24.3 Å². The Balaban J connectivity index is 1.41. The van der Waals surface area contributed by atoms with Crippen LogP contribution < -0.4 is 10.6 Å². The molecule has 1 atom stereocenters. The molecule has 0 radical (unpaired) electrons. The number of aromatic amines is 1. The lowest BCUT2D eigenvalue weighted by Gasteiger charge is -2.31. The highest BCUT2D eigenvalue weighted by atomic mass is 16.2. The third-order valence-electron chi connectivity index (χ3n) is 5.63. The van der Waals surface area contributed by atoms with Crippen molar-refractivity contribution >= 4 is 22.7 Å². The molecule has 1 fully saturated rings. The molecule has 2 aliphatic rings. The van der Waals surface area contributed by atoms with Gasteiger partial charge in [0.1, 0.15) is 0 Å². The van der Waals surface area contributed by atoms with Gasteiger partial charge in [-0.15, -0.1) is 0 Å². The Labute approximate surface area is 153 Å². The lowest BCUT2D eigenvalue weighted by atomic mass is 9.95. The van der Waals surface area contributed by atoms with E-state index >= 15 is 0 Å². The summed E-state index contributed by atoms with van der Waals surface area (Å²) in [6, 6.07) is 5.99. The summed E-state index contributed by atoms with van der Waals surface area (Å²) >= 11 is 0. The molecule has 0 bridgehead atoms. The maximum atomic E-state index is 12.3. The van der Waals surface area contributed by atoms with Gasteiger partial charge in [-0.25, -0.2) is 0 Å². The van der Waals surface area contributed by atoms with E-state index < -0.39 is 0 Å². The molecule has 1 aliphatic carbocycles. The van der Waals surface area contributed by atoms with Crippen molar-refractivity contribution in [1.29, 1.82) is 0 Å². The number of hydrogen-bond acceptors (Lipinski definition) is 3. The minimum absolute atomic E-state index is 0.0609. The number of aromatic nitrogens is 1. The Morgan fingerprint density at radius 2 is 2.15 bits per heavy atom. The SMILES string of the molecule is CN1CCNC(=O)C1CC(=O)NCc1ccc2[nH]c3c(c2c1)CCCC3. The van der Waals surface area contributed by atoms with Crippen molar-refractivity contribution in [3.8, 4) is 0 Å². The fourth-order valence-corrected chi connectivity index (χ4v) is 4.09. The van der Waals surface area contributed by atoms with Gasteiger partial charge in [0, 0.05) is 36.2 Å². The van der Waals surface area contributed by atoms with Crippen molar-refractivity contribution in [1.82, 2.24) is 20.5 Å². The van der Waals surface area contributed by atoms with Crippen molar-refractivity contribution < 1.29 is 9.59 Å². The van der Waals surface area contributed by atoms with E-state index in [0.29, 0.717) is 13.1 Å². The van der Waals surface area contributed by atoms with Gasteiger partial charge in [-0.1, -0.05) is 6.07 Å². The van der Waals surface area contributed by atoms with Crippen LogP contribution in [-0.2, 0) is 29.0 Å². The van der Waals surface area contributed by atoms with E-state index in [0.717, 1.165) is 24.9 Å². The monoisotopic (exact) mass is 354 g/mol. The number of nitrogens with zero attached hydrogens (tertiary/aromatic N) is 1. The molecular formula is C20H26N4O2. The van der Waals surface area contributed by atoms with Crippen LogP contribution in [0.3, 0.4) is 0 Å². The van der Waals surface area contributed by atoms with Crippen LogP contribution in [0.2, 0.25) is 0 Å². The molecule has 3 N–H and O–H groups in total. The maximum absolute atomic E-state index is 12.3. The number of hydrogen-bond donors (Lipinski definition) is 3. The zero-order valence-corrected chi connectivity index (χ0v) is 15.2. The standard InChI is InChI=1S/C20H26N4O2/c1-24-9-8-21-20(26)18(24)11-19(25)22-12-13-6-7-17-15(10-13)14-4-2-3-5-16(14)23-17/h6-7,10,18,23H,2-5,8-9,11-12H2,1H3,(H,21,26)(H,22,25). The van der Waals surface area contributed by atoms with E-state index in [4.69, 9.17) is 0 Å². The summed E-state index contributed by atoms with van der Waals surface area (Å²) in [5.41, 5.74) is 5.10. The van der Waals surface area contributed by atoms with Gasteiger partial charge in [-0.2, -0.15) is 0 Å². The van der Waals surface area contributed by atoms with Crippen molar-refractivity contribution in [2.75, 3.05) is 20.1 Å². The van der Waals surface area contributed by atoms with E-state index in [1.807, 2.05) is 11.9 Å². The molecule has 6 heteroatoms. The molecule has 2 aromatic rings. The Kier molecular flexibility index (Phi) is 4.68. The number of carbonyl (C=O) groups is 2. The van der Waals surface area contributed by atoms with Gasteiger partial charge < -0.3 is 15.6 Å². The molecule has 1 aromatic heterocycles. The van der Waals surface area contributed by atoms with Gasteiger partial charge in [-0.05, 0) is 56.0 Å². The molecule has 0 saturated carbocycles. The quantitative estimate of drug-likeness (QED) is 0.778. The molecule has 1 aliphatic heterocycles. The first-order valence-electron chi connectivity index (χ1n) is 9.49. The second-order valence-corrected chi connectivity index (χ2v) is 7.44. The topological polar surface area (TPSA) is 77.2 Å². The molecule has 26 heavy (non-hydrogen) atoms. The van der Waals surface area contributed by atoms with Crippen LogP contribution in [0.15, 0.2) is 18.2 Å². The molecule has 1 unspecified atom stereocenters. The fourth-order valence-electron chi connectivity index (χ4n) is 4.09. The predicted octanol–water partition coefficient (Wildman–Crippen LogP) is 1.48.